The van der Waals surface area contributed by atoms with Crippen molar-refractivity contribution in [3.8, 4) is 11.5 Å². The van der Waals surface area contributed by atoms with Crippen molar-refractivity contribution in [2.45, 2.75) is 13.8 Å². The maximum absolute atomic E-state index is 13.0. The van der Waals surface area contributed by atoms with Gasteiger partial charge in [0.15, 0.2) is 16.6 Å². The maximum Gasteiger partial charge on any atom is 0.270 e. The number of phenolic OH excluding ortho intramolecular Hbond substituents is 1. The molecule has 1 aliphatic heterocycles. The molecule has 2 amide bonds. The van der Waals surface area contributed by atoms with Crippen LogP contribution < -0.4 is 15.0 Å². The van der Waals surface area contributed by atoms with Gasteiger partial charge in [-0.3, -0.25) is 19.8 Å². The first-order valence-corrected chi connectivity index (χ1v) is 9.94. The van der Waals surface area contributed by atoms with E-state index in [2.05, 4.69) is 5.32 Å². The molecule has 0 unspecified atom stereocenters. The Bertz CT molecular complexity index is 1000. The van der Waals surface area contributed by atoms with Crippen LogP contribution in [0.3, 0.4) is 0 Å². The molecule has 0 radical (unpaired) electrons. The summed E-state index contributed by atoms with van der Waals surface area (Å²) in [7, 11) is 0. The Morgan fingerprint density at radius 2 is 1.93 bits per heavy atom. The van der Waals surface area contributed by atoms with E-state index in [4.69, 9.17) is 17.0 Å². The molecule has 1 saturated heterocycles. The van der Waals surface area contributed by atoms with Crippen molar-refractivity contribution >= 4 is 63.5 Å². The predicted octanol–water partition coefficient (Wildman–Crippen LogP) is 3.54. The minimum Gasteiger partial charge on any atom is -0.504 e. The number of nitrogens with zero attached hydrogens (tertiary/aromatic N) is 1. The number of aryl methyl sites for hydroxylation is 1. The topological polar surface area (TPSA) is 78.9 Å². The standard InChI is InChI=1S/C20H17IN2O4S/c1-3-27-16-10-12(9-15(21)17(16)24)8-14-18(25)22-20(28)23(19(14)26)13-6-4-11(2)5-7-13/h4-10,24H,3H2,1-2H3,(H,22,25,28)/b14-8+. The van der Waals surface area contributed by atoms with Crippen molar-refractivity contribution in [2.24, 2.45) is 0 Å². The Morgan fingerprint density at radius 3 is 2.57 bits per heavy atom. The Kier molecular flexibility index (Phi) is 5.99. The molecule has 0 aliphatic carbocycles. The summed E-state index contributed by atoms with van der Waals surface area (Å²) in [5, 5.41) is 12.7. The number of halogens is 1. The summed E-state index contributed by atoms with van der Waals surface area (Å²) in [6, 6.07) is 10.5. The third-order valence-electron chi connectivity index (χ3n) is 4.06. The van der Waals surface area contributed by atoms with Crippen molar-refractivity contribution in [1.82, 2.24) is 5.32 Å². The highest BCUT2D eigenvalue weighted by atomic mass is 127. The number of phenols is 1. The summed E-state index contributed by atoms with van der Waals surface area (Å²) < 4.78 is 5.97. The first kappa shape index (κ1) is 20.3. The normalized spacial score (nSPS) is 15.8. The van der Waals surface area contributed by atoms with Crippen LogP contribution in [-0.4, -0.2) is 28.6 Å². The number of carbonyl (C=O) groups excluding carboxylic acids is 2. The van der Waals surface area contributed by atoms with E-state index in [0.29, 0.717) is 21.4 Å². The SMILES string of the molecule is CCOc1cc(/C=C2\C(=O)NC(=S)N(c3ccc(C)cc3)C2=O)cc(I)c1O. The molecule has 1 fully saturated rings. The lowest BCUT2D eigenvalue weighted by Gasteiger charge is -2.29. The largest absolute Gasteiger partial charge is 0.504 e. The van der Waals surface area contributed by atoms with Gasteiger partial charge in [-0.25, -0.2) is 0 Å². The number of rotatable bonds is 4. The number of hydrogen-bond acceptors (Lipinski definition) is 5. The number of aromatic hydroxyl groups is 1. The van der Waals surface area contributed by atoms with Gasteiger partial charge in [-0.15, -0.1) is 0 Å². The van der Waals surface area contributed by atoms with Crippen LogP contribution in [0.5, 0.6) is 11.5 Å². The first-order chi connectivity index (χ1) is 13.3. The number of anilines is 1. The van der Waals surface area contributed by atoms with Crippen LogP contribution in [0.15, 0.2) is 42.0 Å². The number of ether oxygens (including phenoxy) is 1. The van der Waals surface area contributed by atoms with Gasteiger partial charge in [-0.05, 0) is 84.6 Å². The lowest BCUT2D eigenvalue weighted by Crippen LogP contribution is -2.54. The molecule has 0 bridgehead atoms. The average Bonchev–Trinajstić information content (AvgIpc) is 2.64. The summed E-state index contributed by atoms with van der Waals surface area (Å²) in [5.41, 5.74) is 2.11. The molecular weight excluding hydrogens is 491 g/mol. The van der Waals surface area contributed by atoms with E-state index < -0.39 is 11.8 Å². The molecule has 28 heavy (non-hydrogen) atoms. The number of thiocarbonyl (C=S) groups is 1. The summed E-state index contributed by atoms with van der Waals surface area (Å²) >= 11 is 7.16. The number of hydrogen-bond donors (Lipinski definition) is 2. The van der Waals surface area contributed by atoms with E-state index in [-0.39, 0.29) is 22.2 Å². The number of carbonyl (C=O) groups is 2. The van der Waals surface area contributed by atoms with Gasteiger partial charge in [0.1, 0.15) is 5.57 Å². The fraction of sp³-hybridized carbons (Fsp3) is 0.150. The van der Waals surface area contributed by atoms with Crippen molar-refractivity contribution < 1.29 is 19.4 Å². The van der Waals surface area contributed by atoms with Crippen LogP contribution >= 0.6 is 34.8 Å². The molecule has 0 spiro atoms. The predicted molar refractivity (Wildman–Crippen MR) is 119 cm³/mol. The van der Waals surface area contributed by atoms with E-state index in [1.807, 2.05) is 41.6 Å². The van der Waals surface area contributed by atoms with E-state index in [0.717, 1.165) is 5.56 Å². The van der Waals surface area contributed by atoms with Crippen molar-refractivity contribution in [2.75, 3.05) is 11.5 Å². The van der Waals surface area contributed by atoms with E-state index in [9.17, 15) is 14.7 Å². The smallest absolute Gasteiger partial charge is 0.270 e. The average molecular weight is 508 g/mol. The van der Waals surface area contributed by atoms with Gasteiger partial charge in [0.05, 0.1) is 15.9 Å². The molecule has 1 heterocycles. The zero-order valence-electron chi connectivity index (χ0n) is 15.2. The highest BCUT2D eigenvalue weighted by molar-refractivity contribution is 14.1. The summed E-state index contributed by atoms with van der Waals surface area (Å²) in [6.07, 6.45) is 1.46. The second-order valence-electron chi connectivity index (χ2n) is 6.08. The van der Waals surface area contributed by atoms with Crippen molar-refractivity contribution in [3.05, 3.63) is 56.7 Å². The molecular formula is C20H17IN2O4S. The molecule has 2 aromatic rings. The van der Waals surface area contributed by atoms with Crippen molar-refractivity contribution in [3.63, 3.8) is 0 Å². The number of benzene rings is 2. The van der Waals surface area contributed by atoms with E-state index in [1.165, 1.54) is 11.0 Å². The number of nitrogens with one attached hydrogen (secondary N) is 1. The molecule has 1 aliphatic rings. The van der Waals surface area contributed by atoms with Crippen LogP contribution in [0.4, 0.5) is 5.69 Å². The number of amides is 2. The van der Waals surface area contributed by atoms with Crippen LogP contribution in [0, 0.1) is 10.5 Å². The first-order valence-electron chi connectivity index (χ1n) is 8.45. The van der Waals surface area contributed by atoms with Gasteiger partial charge < -0.3 is 9.84 Å². The molecule has 2 N–H and O–H groups in total. The molecule has 3 rings (SSSR count). The molecule has 6 nitrogen and oxygen atoms in total. The van der Waals surface area contributed by atoms with Crippen molar-refractivity contribution in [1.29, 1.82) is 0 Å². The van der Waals surface area contributed by atoms with Gasteiger partial charge in [0.2, 0.25) is 0 Å². The quantitative estimate of drug-likeness (QED) is 0.286. The minimum atomic E-state index is -0.570. The zero-order valence-corrected chi connectivity index (χ0v) is 18.1. The molecule has 0 saturated carbocycles. The summed E-state index contributed by atoms with van der Waals surface area (Å²) in [5.74, 6) is -0.777. The second-order valence-corrected chi connectivity index (χ2v) is 7.62. The fourth-order valence-corrected chi connectivity index (χ4v) is 3.60. The highest BCUT2D eigenvalue weighted by Crippen LogP contribution is 2.34. The van der Waals surface area contributed by atoms with Gasteiger partial charge in [0, 0.05) is 0 Å². The fourth-order valence-electron chi connectivity index (χ4n) is 2.70. The van der Waals surface area contributed by atoms with Gasteiger partial charge in [-0.1, -0.05) is 17.7 Å². The summed E-state index contributed by atoms with van der Waals surface area (Å²) in [4.78, 5) is 26.7. The Morgan fingerprint density at radius 1 is 1.25 bits per heavy atom. The zero-order chi connectivity index (χ0) is 20.4. The highest BCUT2D eigenvalue weighted by Gasteiger charge is 2.34. The Hall–Kier alpha value is -2.46. The molecule has 8 heteroatoms. The third-order valence-corrected chi connectivity index (χ3v) is 5.16. The van der Waals surface area contributed by atoms with Gasteiger partial charge >= 0.3 is 0 Å². The van der Waals surface area contributed by atoms with Crippen LogP contribution in [0.25, 0.3) is 6.08 Å². The van der Waals surface area contributed by atoms with E-state index in [1.54, 1.807) is 31.2 Å². The van der Waals surface area contributed by atoms with Crippen LogP contribution in [0.2, 0.25) is 0 Å². The lowest BCUT2D eigenvalue weighted by atomic mass is 10.1. The Balaban J connectivity index is 2.03. The van der Waals surface area contributed by atoms with Crippen LogP contribution in [-0.2, 0) is 9.59 Å². The Labute approximate surface area is 181 Å². The molecule has 0 aromatic heterocycles. The molecule has 144 valence electrons. The third kappa shape index (κ3) is 4.02. The maximum atomic E-state index is 13.0. The van der Waals surface area contributed by atoms with Gasteiger partial charge in [-0.2, -0.15) is 0 Å². The van der Waals surface area contributed by atoms with E-state index >= 15 is 0 Å². The van der Waals surface area contributed by atoms with Gasteiger partial charge in [0.25, 0.3) is 11.8 Å². The second kappa shape index (κ2) is 8.27. The molecule has 0 atom stereocenters. The lowest BCUT2D eigenvalue weighted by molar-refractivity contribution is -0.122. The molecule has 2 aromatic carbocycles. The summed E-state index contributed by atoms with van der Waals surface area (Å²) in [6.45, 7) is 4.12. The minimum absolute atomic E-state index is 0.0199. The van der Waals surface area contributed by atoms with Crippen LogP contribution in [0.1, 0.15) is 18.1 Å². The monoisotopic (exact) mass is 508 g/mol.